The minimum absolute atomic E-state index is 0.916. The summed E-state index contributed by atoms with van der Waals surface area (Å²) in [5.41, 5.74) is 11.4. The van der Waals surface area contributed by atoms with Gasteiger partial charge in [-0.25, -0.2) is 0 Å². The summed E-state index contributed by atoms with van der Waals surface area (Å²) in [5, 5.41) is 0. The monoisotopic (exact) mass is 244 g/mol. The third kappa shape index (κ3) is 2.75. The standard InChI is InChI=1S/C16H24N2/c1-3-14(15-7-5-6-8-16(15)17)13-9-11-18(4-2)12-10-13/h5-8H,3-4,9-12,17H2,1-2H3. The van der Waals surface area contributed by atoms with Gasteiger partial charge < -0.3 is 10.6 Å². The Bertz CT molecular complexity index is 424. The quantitative estimate of drug-likeness (QED) is 0.824. The SMILES string of the molecule is CCC(=C1CCN(CC)CC1)c1ccccc1N. The van der Waals surface area contributed by atoms with Crippen LogP contribution in [0.3, 0.4) is 0 Å². The molecule has 0 aliphatic carbocycles. The van der Waals surface area contributed by atoms with E-state index in [4.69, 9.17) is 5.73 Å². The Morgan fingerprint density at radius 1 is 1.17 bits per heavy atom. The number of hydrogen-bond donors (Lipinski definition) is 1. The van der Waals surface area contributed by atoms with Crippen LogP contribution in [0.4, 0.5) is 5.69 Å². The van der Waals surface area contributed by atoms with E-state index in [1.807, 2.05) is 12.1 Å². The Hall–Kier alpha value is -1.28. The summed E-state index contributed by atoms with van der Waals surface area (Å²) in [7, 11) is 0. The predicted octanol–water partition coefficient (Wildman–Crippen LogP) is 3.55. The van der Waals surface area contributed by atoms with E-state index in [9.17, 15) is 0 Å². The van der Waals surface area contributed by atoms with Crippen molar-refractivity contribution < 1.29 is 0 Å². The van der Waals surface area contributed by atoms with E-state index < -0.39 is 0 Å². The summed E-state index contributed by atoms with van der Waals surface area (Å²) >= 11 is 0. The summed E-state index contributed by atoms with van der Waals surface area (Å²) in [5.74, 6) is 0. The highest BCUT2D eigenvalue weighted by Crippen LogP contribution is 2.31. The summed E-state index contributed by atoms with van der Waals surface area (Å²) in [6.45, 7) is 8.04. The van der Waals surface area contributed by atoms with Crippen LogP contribution >= 0.6 is 0 Å². The topological polar surface area (TPSA) is 29.3 Å². The van der Waals surface area contributed by atoms with Gasteiger partial charge in [0.1, 0.15) is 0 Å². The van der Waals surface area contributed by atoms with Gasteiger partial charge in [0.25, 0.3) is 0 Å². The minimum atomic E-state index is 0.916. The molecule has 1 aromatic rings. The highest BCUT2D eigenvalue weighted by Gasteiger charge is 2.16. The molecule has 2 heteroatoms. The highest BCUT2D eigenvalue weighted by atomic mass is 15.1. The van der Waals surface area contributed by atoms with Gasteiger partial charge in [-0.2, -0.15) is 0 Å². The van der Waals surface area contributed by atoms with Crippen molar-refractivity contribution in [3.05, 3.63) is 35.4 Å². The van der Waals surface area contributed by atoms with E-state index in [0.717, 1.165) is 12.1 Å². The number of likely N-dealkylation sites (tertiary alicyclic amines) is 1. The number of allylic oxidation sites excluding steroid dienone is 1. The number of nitrogen functional groups attached to an aromatic ring is 1. The first-order valence-electron chi connectivity index (χ1n) is 7.04. The van der Waals surface area contributed by atoms with E-state index in [0.29, 0.717) is 0 Å². The first-order chi connectivity index (χ1) is 8.76. The fourth-order valence-electron chi connectivity index (χ4n) is 2.84. The number of piperidine rings is 1. The highest BCUT2D eigenvalue weighted by molar-refractivity contribution is 5.77. The van der Waals surface area contributed by atoms with Gasteiger partial charge in [-0.15, -0.1) is 0 Å². The van der Waals surface area contributed by atoms with Crippen LogP contribution in [-0.4, -0.2) is 24.5 Å². The van der Waals surface area contributed by atoms with Gasteiger partial charge in [-0.1, -0.05) is 37.6 Å². The van der Waals surface area contributed by atoms with Crippen LogP contribution in [0.1, 0.15) is 38.7 Å². The summed E-state index contributed by atoms with van der Waals surface area (Å²) in [6.07, 6.45) is 3.48. The van der Waals surface area contributed by atoms with E-state index in [1.54, 1.807) is 5.57 Å². The van der Waals surface area contributed by atoms with E-state index >= 15 is 0 Å². The molecule has 0 aromatic heterocycles. The number of nitrogens with two attached hydrogens (primary N) is 1. The molecule has 1 heterocycles. The van der Waals surface area contributed by atoms with Crippen LogP contribution < -0.4 is 5.73 Å². The Balaban J connectivity index is 2.26. The maximum absolute atomic E-state index is 6.11. The Morgan fingerprint density at radius 2 is 1.83 bits per heavy atom. The lowest BCUT2D eigenvalue weighted by Gasteiger charge is -2.29. The number of nitrogens with zero attached hydrogens (tertiary/aromatic N) is 1. The largest absolute Gasteiger partial charge is 0.398 e. The van der Waals surface area contributed by atoms with Crippen molar-refractivity contribution in [3.63, 3.8) is 0 Å². The molecule has 0 spiro atoms. The molecule has 1 aliphatic rings. The van der Waals surface area contributed by atoms with Gasteiger partial charge in [0.2, 0.25) is 0 Å². The molecule has 0 atom stereocenters. The first-order valence-corrected chi connectivity index (χ1v) is 7.04. The molecular formula is C16H24N2. The molecule has 1 aromatic carbocycles. The molecule has 0 saturated carbocycles. The van der Waals surface area contributed by atoms with E-state index in [2.05, 4.69) is 30.9 Å². The average Bonchev–Trinajstić information content (AvgIpc) is 2.42. The van der Waals surface area contributed by atoms with Crippen LogP contribution in [0.2, 0.25) is 0 Å². The summed E-state index contributed by atoms with van der Waals surface area (Å²) in [4.78, 5) is 2.52. The number of benzene rings is 1. The molecule has 2 rings (SSSR count). The van der Waals surface area contributed by atoms with Crippen LogP contribution in [0.25, 0.3) is 5.57 Å². The van der Waals surface area contributed by atoms with Gasteiger partial charge in [0.15, 0.2) is 0 Å². The Kier molecular flexibility index (Phi) is 4.43. The van der Waals surface area contributed by atoms with Gasteiger partial charge in [-0.3, -0.25) is 0 Å². The van der Waals surface area contributed by atoms with Gasteiger partial charge >= 0.3 is 0 Å². The molecule has 1 fully saturated rings. The fourth-order valence-corrected chi connectivity index (χ4v) is 2.84. The van der Waals surface area contributed by atoms with Crippen LogP contribution in [0.5, 0.6) is 0 Å². The van der Waals surface area contributed by atoms with Crippen molar-refractivity contribution in [1.29, 1.82) is 0 Å². The van der Waals surface area contributed by atoms with Crippen LogP contribution in [0.15, 0.2) is 29.8 Å². The normalized spacial score (nSPS) is 16.9. The Labute approximate surface area is 110 Å². The van der Waals surface area contributed by atoms with Crippen molar-refractivity contribution >= 4 is 11.3 Å². The predicted molar refractivity (Wildman–Crippen MR) is 79.4 cm³/mol. The lowest BCUT2D eigenvalue weighted by Crippen LogP contribution is -2.30. The molecule has 18 heavy (non-hydrogen) atoms. The summed E-state index contributed by atoms with van der Waals surface area (Å²) < 4.78 is 0. The van der Waals surface area contributed by atoms with Crippen molar-refractivity contribution in [2.45, 2.75) is 33.1 Å². The number of rotatable bonds is 3. The fraction of sp³-hybridized carbons (Fsp3) is 0.500. The number of anilines is 1. The van der Waals surface area contributed by atoms with Crippen molar-refractivity contribution in [1.82, 2.24) is 4.90 Å². The average molecular weight is 244 g/mol. The second kappa shape index (κ2) is 6.05. The van der Waals surface area contributed by atoms with Crippen molar-refractivity contribution in [2.75, 3.05) is 25.4 Å². The smallest absolute Gasteiger partial charge is 0.0390 e. The molecular weight excluding hydrogens is 220 g/mol. The second-order valence-electron chi connectivity index (χ2n) is 4.96. The van der Waals surface area contributed by atoms with Crippen LogP contribution in [-0.2, 0) is 0 Å². The molecule has 0 unspecified atom stereocenters. The molecule has 98 valence electrons. The number of para-hydroxylation sites is 1. The van der Waals surface area contributed by atoms with Gasteiger partial charge in [0, 0.05) is 24.3 Å². The van der Waals surface area contributed by atoms with E-state index in [1.165, 1.54) is 43.6 Å². The second-order valence-corrected chi connectivity index (χ2v) is 4.96. The zero-order valence-electron chi connectivity index (χ0n) is 11.6. The third-order valence-corrected chi connectivity index (χ3v) is 3.97. The molecule has 1 aliphatic heterocycles. The van der Waals surface area contributed by atoms with Gasteiger partial charge in [-0.05, 0) is 37.4 Å². The van der Waals surface area contributed by atoms with Crippen molar-refractivity contribution in [2.24, 2.45) is 0 Å². The number of hydrogen-bond acceptors (Lipinski definition) is 2. The molecule has 1 saturated heterocycles. The molecule has 0 amide bonds. The third-order valence-electron chi connectivity index (χ3n) is 3.97. The Morgan fingerprint density at radius 3 is 2.39 bits per heavy atom. The molecule has 2 nitrogen and oxygen atoms in total. The zero-order valence-corrected chi connectivity index (χ0v) is 11.6. The summed E-state index contributed by atoms with van der Waals surface area (Å²) in [6, 6.07) is 8.26. The maximum atomic E-state index is 6.11. The zero-order chi connectivity index (χ0) is 13.0. The first kappa shape index (κ1) is 13.2. The lowest BCUT2D eigenvalue weighted by atomic mass is 9.91. The van der Waals surface area contributed by atoms with Crippen LogP contribution in [0, 0.1) is 0 Å². The van der Waals surface area contributed by atoms with Crippen molar-refractivity contribution in [3.8, 4) is 0 Å². The lowest BCUT2D eigenvalue weighted by molar-refractivity contribution is 0.270. The maximum Gasteiger partial charge on any atom is 0.0390 e. The molecule has 0 bridgehead atoms. The van der Waals surface area contributed by atoms with Gasteiger partial charge in [0.05, 0.1) is 0 Å². The minimum Gasteiger partial charge on any atom is -0.398 e. The molecule has 2 N–H and O–H groups in total. The van der Waals surface area contributed by atoms with E-state index in [-0.39, 0.29) is 0 Å². The molecule has 0 radical (unpaired) electrons.